The van der Waals surface area contributed by atoms with E-state index < -0.39 is 0 Å². The van der Waals surface area contributed by atoms with Crippen molar-refractivity contribution in [2.45, 2.75) is 57.1 Å². The average molecular weight is 506 g/mol. The van der Waals surface area contributed by atoms with Crippen LogP contribution in [0.25, 0.3) is 0 Å². The quantitative estimate of drug-likeness (QED) is 0.194. The second-order valence-corrected chi connectivity index (χ2v) is 9.84. The zero-order valence-corrected chi connectivity index (χ0v) is 21.1. The predicted octanol–water partition coefficient (Wildman–Crippen LogP) is 6.90. The van der Waals surface area contributed by atoms with Gasteiger partial charge in [0.15, 0.2) is 5.17 Å². The normalized spacial score (nSPS) is 17.1. The van der Waals surface area contributed by atoms with Crippen molar-refractivity contribution in [3.8, 4) is 5.75 Å². The number of nitrogens with zero attached hydrogens (tertiary/aromatic N) is 2. The average Bonchev–Trinajstić information content (AvgIpc) is 3.15. The first-order valence-electron chi connectivity index (χ1n) is 11.3. The molecule has 0 aromatic heterocycles. The molecule has 1 heterocycles. The number of amidine groups is 1. The van der Waals surface area contributed by atoms with Crippen LogP contribution in [-0.2, 0) is 11.2 Å². The first kappa shape index (κ1) is 25.6. The largest absolute Gasteiger partial charge is 0.494 e. The molecule has 0 saturated carbocycles. The number of hydrogen-bond acceptors (Lipinski definition) is 5. The van der Waals surface area contributed by atoms with Crippen LogP contribution >= 0.6 is 35.0 Å². The Balaban J connectivity index is 1.44. The molecule has 0 radical (unpaired) electrons. The molecule has 176 valence electrons. The predicted molar refractivity (Wildman–Crippen MR) is 140 cm³/mol. The number of thioether (sulfide) groups is 1. The van der Waals surface area contributed by atoms with Crippen LogP contribution in [-0.4, -0.2) is 29.1 Å². The van der Waals surface area contributed by atoms with Gasteiger partial charge in [-0.2, -0.15) is 5.10 Å². The molecule has 0 unspecified atom stereocenters. The minimum Gasteiger partial charge on any atom is -0.494 e. The first-order chi connectivity index (χ1) is 16.1. The van der Waals surface area contributed by atoms with Crippen LogP contribution in [0.15, 0.2) is 52.7 Å². The molecule has 1 amide bonds. The van der Waals surface area contributed by atoms with Gasteiger partial charge in [0, 0.05) is 10.0 Å². The van der Waals surface area contributed by atoms with E-state index in [9.17, 15) is 4.79 Å². The van der Waals surface area contributed by atoms with Gasteiger partial charge in [0.2, 0.25) is 5.91 Å². The van der Waals surface area contributed by atoms with Crippen molar-refractivity contribution >= 4 is 52.3 Å². The third kappa shape index (κ3) is 8.36. The van der Waals surface area contributed by atoms with Crippen LogP contribution in [0.1, 0.15) is 56.6 Å². The number of hydrogen-bond donors (Lipinski definition) is 1. The van der Waals surface area contributed by atoms with Crippen LogP contribution in [0.4, 0.5) is 0 Å². The molecule has 1 atom stereocenters. The molecule has 0 aliphatic carbocycles. The van der Waals surface area contributed by atoms with Gasteiger partial charge in [-0.15, -0.1) is 5.10 Å². The molecule has 33 heavy (non-hydrogen) atoms. The van der Waals surface area contributed by atoms with E-state index in [4.69, 9.17) is 27.9 Å². The molecule has 1 saturated heterocycles. The molecule has 1 N–H and O–H groups in total. The molecule has 2 aromatic carbocycles. The van der Waals surface area contributed by atoms with Gasteiger partial charge in [0.1, 0.15) is 5.75 Å². The third-order valence-electron chi connectivity index (χ3n) is 5.23. The van der Waals surface area contributed by atoms with E-state index in [-0.39, 0.29) is 11.2 Å². The minimum absolute atomic E-state index is 0.128. The molecular formula is C25H29Cl2N3O2S. The Labute approximate surface area is 210 Å². The highest BCUT2D eigenvalue weighted by molar-refractivity contribution is 8.15. The standard InChI is InChI=1S/C25H29Cl2N3O2S/c1-2-3-4-5-6-7-15-32-19-13-11-18(12-14-19)17-28-30-25-29-24(31)23(33-25)16-20-21(26)9-8-10-22(20)27/h8-14,17,23H,2-7,15-16H2,1H3,(H,29,30,31)/b28-17-/t23-/m1/s1. The Morgan fingerprint density at radius 2 is 1.73 bits per heavy atom. The molecular weight excluding hydrogens is 477 g/mol. The molecule has 5 nitrogen and oxygen atoms in total. The van der Waals surface area contributed by atoms with Crippen LogP contribution < -0.4 is 10.1 Å². The second kappa shape index (κ2) is 13.6. The van der Waals surface area contributed by atoms with Gasteiger partial charge in [-0.25, -0.2) is 0 Å². The second-order valence-electron chi connectivity index (χ2n) is 7.84. The highest BCUT2D eigenvalue weighted by atomic mass is 35.5. The number of carbonyl (C=O) groups is 1. The van der Waals surface area contributed by atoms with E-state index in [1.807, 2.05) is 24.3 Å². The third-order valence-corrected chi connectivity index (χ3v) is 7.01. The topological polar surface area (TPSA) is 63.1 Å². The summed E-state index contributed by atoms with van der Waals surface area (Å²) >= 11 is 13.8. The molecule has 8 heteroatoms. The highest BCUT2D eigenvalue weighted by Gasteiger charge is 2.31. The maximum Gasteiger partial charge on any atom is 0.239 e. The Hall–Kier alpha value is -2.02. The SMILES string of the molecule is CCCCCCCCOc1ccc(/C=N\N=C2/NC(=O)[C@@H](Cc3c(Cl)cccc3Cl)S2)cc1. The Bertz CT molecular complexity index is 960. The summed E-state index contributed by atoms with van der Waals surface area (Å²) in [6.07, 6.45) is 9.55. The fraction of sp³-hybridized carbons (Fsp3) is 0.400. The number of ether oxygens (including phenoxy) is 1. The van der Waals surface area contributed by atoms with Gasteiger partial charge < -0.3 is 10.1 Å². The summed E-state index contributed by atoms with van der Waals surface area (Å²) in [7, 11) is 0. The van der Waals surface area contributed by atoms with Crippen LogP contribution in [0, 0.1) is 0 Å². The summed E-state index contributed by atoms with van der Waals surface area (Å²) in [4.78, 5) is 12.3. The Kier molecular flexibility index (Phi) is 10.6. The fourth-order valence-corrected chi connectivity index (χ4v) is 4.86. The lowest BCUT2D eigenvalue weighted by Gasteiger charge is -2.09. The smallest absolute Gasteiger partial charge is 0.239 e. The zero-order chi connectivity index (χ0) is 23.5. The number of carbonyl (C=O) groups excluding carboxylic acids is 1. The Morgan fingerprint density at radius 1 is 1.03 bits per heavy atom. The molecule has 0 spiro atoms. The van der Waals surface area contributed by atoms with E-state index in [1.165, 1.54) is 43.9 Å². The fourth-order valence-electron chi connectivity index (χ4n) is 3.37. The monoisotopic (exact) mass is 505 g/mol. The van der Waals surface area contributed by atoms with Crippen molar-refractivity contribution in [3.63, 3.8) is 0 Å². The van der Waals surface area contributed by atoms with E-state index in [0.29, 0.717) is 21.6 Å². The molecule has 0 bridgehead atoms. The molecule has 3 rings (SSSR count). The lowest BCUT2D eigenvalue weighted by molar-refractivity contribution is -0.118. The van der Waals surface area contributed by atoms with Crippen LogP contribution in [0.5, 0.6) is 5.75 Å². The van der Waals surface area contributed by atoms with E-state index in [1.54, 1.807) is 24.4 Å². The maximum atomic E-state index is 12.3. The zero-order valence-electron chi connectivity index (χ0n) is 18.7. The number of amides is 1. The maximum absolute atomic E-state index is 12.3. The van der Waals surface area contributed by atoms with Crippen LogP contribution in [0.3, 0.4) is 0 Å². The van der Waals surface area contributed by atoms with Crippen molar-refractivity contribution in [1.82, 2.24) is 5.32 Å². The van der Waals surface area contributed by atoms with Gasteiger partial charge in [0.05, 0.1) is 18.1 Å². The van der Waals surface area contributed by atoms with E-state index in [2.05, 4.69) is 22.4 Å². The van der Waals surface area contributed by atoms with Crippen molar-refractivity contribution in [2.24, 2.45) is 10.2 Å². The van der Waals surface area contributed by atoms with E-state index >= 15 is 0 Å². The summed E-state index contributed by atoms with van der Waals surface area (Å²) < 4.78 is 5.80. The summed E-state index contributed by atoms with van der Waals surface area (Å²) in [5.41, 5.74) is 1.66. The van der Waals surface area contributed by atoms with Crippen molar-refractivity contribution < 1.29 is 9.53 Å². The van der Waals surface area contributed by atoms with Crippen molar-refractivity contribution in [1.29, 1.82) is 0 Å². The van der Waals surface area contributed by atoms with Crippen molar-refractivity contribution in [2.75, 3.05) is 6.61 Å². The Morgan fingerprint density at radius 3 is 2.45 bits per heavy atom. The minimum atomic E-state index is -0.348. The van der Waals surface area contributed by atoms with Crippen molar-refractivity contribution in [3.05, 3.63) is 63.6 Å². The van der Waals surface area contributed by atoms with Gasteiger partial charge >= 0.3 is 0 Å². The molecule has 2 aromatic rings. The van der Waals surface area contributed by atoms with Gasteiger partial charge in [0.25, 0.3) is 0 Å². The lowest BCUT2D eigenvalue weighted by Crippen LogP contribution is -2.26. The number of benzene rings is 2. The van der Waals surface area contributed by atoms with Crippen LogP contribution in [0.2, 0.25) is 10.0 Å². The summed E-state index contributed by atoms with van der Waals surface area (Å²) in [5.74, 6) is 0.725. The lowest BCUT2D eigenvalue weighted by atomic mass is 10.1. The number of halogens is 2. The van der Waals surface area contributed by atoms with E-state index in [0.717, 1.165) is 29.9 Å². The summed E-state index contributed by atoms with van der Waals surface area (Å²) in [6, 6.07) is 13.1. The van der Waals surface area contributed by atoms with Gasteiger partial charge in [-0.05, 0) is 60.4 Å². The number of unbranched alkanes of at least 4 members (excludes halogenated alkanes) is 5. The molecule has 1 aliphatic rings. The summed E-state index contributed by atoms with van der Waals surface area (Å²) in [6.45, 7) is 2.97. The van der Waals surface area contributed by atoms with Gasteiger partial charge in [-0.1, -0.05) is 80.1 Å². The first-order valence-corrected chi connectivity index (χ1v) is 12.9. The van der Waals surface area contributed by atoms with Gasteiger partial charge in [-0.3, -0.25) is 4.79 Å². The molecule has 1 fully saturated rings. The number of rotatable bonds is 12. The highest BCUT2D eigenvalue weighted by Crippen LogP contribution is 2.30. The summed E-state index contributed by atoms with van der Waals surface area (Å²) in [5, 5.41) is 12.2. The number of nitrogens with one attached hydrogen (secondary N) is 1. The molecule has 1 aliphatic heterocycles.